The second-order valence-electron chi connectivity index (χ2n) is 8.22. The van der Waals surface area contributed by atoms with Crippen molar-refractivity contribution >= 4 is 17.8 Å². The van der Waals surface area contributed by atoms with Gasteiger partial charge < -0.3 is 0 Å². The first-order valence-electron chi connectivity index (χ1n) is 10.8. The van der Waals surface area contributed by atoms with Gasteiger partial charge in [0.15, 0.2) is 0 Å². The van der Waals surface area contributed by atoms with Crippen LogP contribution in [0, 0.1) is 0 Å². The minimum atomic E-state index is -0.697. The molecule has 0 bridgehead atoms. The van der Waals surface area contributed by atoms with Gasteiger partial charge in [-0.1, -0.05) is 11.6 Å². The van der Waals surface area contributed by atoms with Crippen LogP contribution in [0.4, 0.5) is 4.79 Å². The average molecular weight is 412 g/mol. The molecule has 0 unspecified atom stereocenters. The highest BCUT2D eigenvalue weighted by Crippen LogP contribution is 2.22. The van der Waals surface area contributed by atoms with E-state index in [4.69, 9.17) is 0 Å². The van der Waals surface area contributed by atoms with Crippen LogP contribution in [0.1, 0.15) is 37.7 Å². The SMILES string of the molecule is O=C1C(=O)N(CN2CCN(Cc3ccncc3)CC2)C(=O)N1CCC1=CCCCC1. The van der Waals surface area contributed by atoms with E-state index in [1.54, 1.807) is 12.4 Å². The van der Waals surface area contributed by atoms with E-state index in [9.17, 15) is 14.4 Å². The van der Waals surface area contributed by atoms with Gasteiger partial charge in [-0.25, -0.2) is 9.69 Å². The molecular weight excluding hydrogens is 382 g/mol. The molecule has 0 radical (unpaired) electrons. The first kappa shape index (κ1) is 20.7. The lowest BCUT2D eigenvalue weighted by atomic mass is 9.97. The van der Waals surface area contributed by atoms with Crippen LogP contribution < -0.4 is 0 Å². The molecule has 0 saturated carbocycles. The molecule has 0 aromatic carbocycles. The van der Waals surface area contributed by atoms with Crippen LogP contribution in [0.3, 0.4) is 0 Å². The summed E-state index contributed by atoms with van der Waals surface area (Å²) in [5, 5.41) is 0. The number of imide groups is 2. The van der Waals surface area contributed by atoms with Gasteiger partial charge in [0.25, 0.3) is 0 Å². The molecule has 1 aromatic rings. The van der Waals surface area contributed by atoms with Crippen LogP contribution >= 0.6 is 0 Å². The van der Waals surface area contributed by atoms with E-state index >= 15 is 0 Å². The maximum atomic E-state index is 12.7. The number of carbonyl (C=O) groups is 3. The number of pyridine rings is 1. The Kier molecular flexibility index (Phi) is 6.54. The van der Waals surface area contributed by atoms with E-state index in [1.165, 1.54) is 17.6 Å². The molecule has 160 valence electrons. The number of amides is 4. The summed E-state index contributed by atoms with van der Waals surface area (Å²) in [6.07, 6.45) is 10.9. The average Bonchev–Trinajstić information content (AvgIpc) is 2.98. The smallest absolute Gasteiger partial charge is 0.297 e. The Hall–Kier alpha value is -2.58. The number of hydrogen-bond donors (Lipinski definition) is 0. The Labute approximate surface area is 177 Å². The minimum absolute atomic E-state index is 0.186. The van der Waals surface area contributed by atoms with Gasteiger partial charge in [-0.15, -0.1) is 0 Å². The molecule has 2 aliphatic heterocycles. The Balaban J connectivity index is 1.27. The van der Waals surface area contributed by atoms with E-state index in [1.807, 2.05) is 12.1 Å². The number of rotatable bonds is 7. The van der Waals surface area contributed by atoms with E-state index in [0.717, 1.165) is 61.8 Å². The van der Waals surface area contributed by atoms with Crippen molar-refractivity contribution in [3.63, 3.8) is 0 Å². The number of hydrogen-bond acceptors (Lipinski definition) is 6. The second-order valence-corrected chi connectivity index (χ2v) is 8.22. The highest BCUT2D eigenvalue weighted by molar-refractivity contribution is 6.44. The number of carbonyl (C=O) groups excluding carboxylic acids is 3. The molecular formula is C22H29N5O3. The van der Waals surface area contributed by atoms with Crippen molar-refractivity contribution in [1.29, 1.82) is 0 Å². The lowest BCUT2D eigenvalue weighted by Crippen LogP contribution is -2.51. The lowest BCUT2D eigenvalue weighted by Gasteiger charge is -2.35. The second kappa shape index (κ2) is 9.49. The van der Waals surface area contributed by atoms with E-state index in [-0.39, 0.29) is 6.67 Å². The number of piperazine rings is 1. The summed E-state index contributed by atoms with van der Waals surface area (Å²) in [4.78, 5) is 48.2. The topological polar surface area (TPSA) is 77.1 Å². The normalized spacial score (nSPS) is 21.5. The van der Waals surface area contributed by atoms with Crippen LogP contribution in [-0.4, -0.2) is 81.8 Å². The fraction of sp³-hybridized carbons (Fsp3) is 0.545. The van der Waals surface area contributed by atoms with E-state index in [2.05, 4.69) is 20.9 Å². The molecule has 3 heterocycles. The number of nitrogens with zero attached hydrogens (tertiary/aromatic N) is 5. The third kappa shape index (κ3) is 4.76. The predicted octanol–water partition coefficient (Wildman–Crippen LogP) is 1.84. The summed E-state index contributed by atoms with van der Waals surface area (Å²) in [6.45, 7) is 4.55. The number of aromatic nitrogens is 1. The summed E-state index contributed by atoms with van der Waals surface area (Å²) in [6, 6.07) is 3.55. The molecule has 4 amide bonds. The molecule has 2 saturated heterocycles. The summed E-state index contributed by atoms with van der Waals surface area (Å²) >= 11 is 0. The molecule has 8 nitrogen and oxygen atoms in total. The van der Waals surface area contributed by atoms with Gasteiger partial charge in [0.1, 0.15) is 0 Å². The van der Waals surface area contributed by atoms with Gasteiger partial charge in [0.05, 0.1) is 6.67 Å². The van der Waals surface area contributed by atoms with Crippen LogP contribution in [0.2, 0.25) is 0 Å². The first-order valence-corrected chi connectivity index (χ1v) is 10.8. The quantitative estimate of drug-likeness (QED) is 0.387. The van der Waals surface area contributed by atoms with Gasteiger partial charge in [-0.3, -0.25) is 29.3 Å². The van der Waals surface area contributed by atoms with Crippen molar-refractivity contribution in [2.75, 3.05) is 39.4 Å². The Morgan fingerprint density at radius 1 is 0.867 bits per heavy atom. The van der Waals surface area contributed by atoms with Crippen molar-refractivity contribution in [3.8, 4) is 0 Å². The molecule has 0 spiro atoms. The zero-order valence-electron chi connectivity index (χ0n) is 17.3. The molecule has 30 heavy (non-hydrogen) atoms. The van der Waals surface area contributed by atoms with Crippen LogP contribution in [0.15, 0.2) is 36.2 Å². The van der Waals surface area contributed by atoms with Gasteiger partial charge in [0.2, 0.25) is 0 Å². The minimum Gasteiger partial charge on any atom is -0.297 e. The summed E-state index contributed by atoms with van der Waals surface area (Å²) in [5.41, 5.74) is 2.51. The third-order valence-corrected chi connectivity index (χ3v) is 6.14. The number of urea groups is 1. The fourth-order valence-electron chi connectivity index (χ4n) is 4.29. The zero-order chi connectivity index (χ0) is 20.9. The van der Waals surface area contributed by atoms with E-state index in [0.29, 0.717) is 13.0 Å². The third-order valence-electron chi connectivity index (χ3n) is 6.14. The number of allylic oxidation sites excluding steroid dienone is 1. The van der Waals surface area contributed by atoms with Crippen molar-refractivity contribution in [2.24, 2.45) is 0 Å². The van der Waals surface area contributed by atoms with Crippen molar-refractivity contribution in [3.05, 3.63) is 41.7 Å². The Bertz CT molecular complexity index is 817. The van der Waals surface area contributed by atoms with Gasteiger partial charge in [-0.05, 0) is 49.8 Å². The molecule has 2 fully saturated rings. The fourth-order valence-corrected chi connectivity index (χ4v) is 4.29. The summed E-state index contributed by atoms with van der Waals surface area (Å²) in [5.74, 6) is -1.38. The van der Waals surface area contributed by atoms with Crippen molar-refractivity contribution in [2.45, 2.75) is 38.6 Å². The van der Waals surface area contributed by atoms with Crippen molar-refractivity contribution < 1.29 is 14.4 Å². The van der Waals surface area contributed by atoms with Crippen LogP contribution in [0.5, 0.6) is 0 Å². The highest BCUT2D eigenvalue weighted by Gasteiger charge is 2.44. The maximum Gasteiger partial charge on any atom is 0.335 e. The van der Waals surface area contributed by atoms with Gasteiger partial charge in [-0.2, -0.15) is 0 Å². The lowest BCUT2D eigenvalue weighted by molar-refractivity contribution is -0.144. The first-order chi connectivity index (χ1) is 14.6. The summed E-state index contributed by atoms with van der Waals surface area (Å²) < 4.78 is 0. The molecule has 1 aromatic heterocycles. The van der Waals surface area contributed by atoms with Crippen LogP contribution in [-0.2, 0) is 16.1 Å². The molecule has 1 aliphatic carbocycles. The molecule has 8 heteroatoms. The van der Waals surface area contributed by atoms with Gasteiger partial charge in [0, 0.05) is 51.7 Å². The molecule has 0 atom stereocenters. The van der Waals surface area contributed by atoms with Crippen molar-refractivity contribution in [1.82, 2.24) is 24.6 Å². The van der Waals surface area contributed by atoms with Crippen LogP contribution in [0.25, 0.3) is 0 Å². The molecule has 3 aliphatic rings. The largest absolute Gasteiger partial charge is 0.335 e. The highest BCUT2D eigenvalue weighted by atomic mass is 16.2. The monoisotopic (exact) mass is 411 g/mol. The standard InChI is InChI=1S/C22H29N5O3/c28-20-21(29)27(22(30)26(20)11-8-18-4-2-1-3-5-18)17-25-14-12-24(13-15-25)16-19-6-9-23-10-7-19/h4,6-7,9-10H,1-3,5,8,11-17H2. The zero-order valence-corrected chi connectivity index (χ0v) is 17.3. The Morgan fingerprint density at radius 2 is 1.57 bits per heavy atom. The maximum absolute atomic E-state index is 12.7. The van der Waals surface area contributed by atoms with E-state index < -0.39 is 17.8 Å². The molecule has 4 rings (SSSR count). The summed E-state index contributed by atoms with van der Waals surface area (Å²) in [7, 11) is 0. The molecule has 0 N–H and O–H groups in total. The van der Waals surface area contributed by atoms with Gasteiger partial charge >= 0.3 is 17.8 Å². The Morgan fingerprint density at radius 3 is 2.27 bits per heavy atom. The predicted molar refractivity (Wildman–Crippen MR) is 111 cm³/mol.